The predicted molar refractivity (Wildman–Crippen MR) is 89.2 cm³/mol. The van der Waals surface area contributed by atoms with Gasteiger partial charge in [-0.2, -0.15) is 5.10 Å². The van der Waals surface area contributed by atoms with Gasteiger partial charge in [-0.1, -0.05) is 12.1 Å². The summed E-state index contributed by atoms with van der Waals surface area (Å²) in [5.74, 6) is -0.582. The molecular weight excluding hydrogens is 311 g/mol. The van der Waals surface area contributed by atoms with Crippen molar-refractivity contribution in [3.63, 3.8) is 0 Å². The highest BCUT2D eigenvalue weighted by Gasteiger charge is 2.18. The first-order valence-electron chi connectivity index (χ1n) is 7.59. The van der Waals surface area contributed by atoms with Crippen molar-refractivity contribution in [1.29, 1.82) is 0 Å². The number of amides is 1. The second-order valence-electron chi connectivity index (χ2n) is 5.84. The molecule has 0 N–H and O–H groups in total. The number of nitrogens with zero attached hydrogens (tertiary/aromatic N) is 4. The zero-order valence-electron chi connectivity index (χ0n) is 14.1. The van der Waals surface area contributed by atoms with Gasteiger partial charge >= 0.3 is 0 Å². The highest BCUT2D eigenvalue weighted by molar-refractivity contribution is 5.92. The monoisotopic (exact) mass is 332 g/mol. The Bertz CT molecular complexity index is 756. The summed E-state index contributed by atoms with van der Waals surface area (Å²) >= 11 is 0. The minimum absolute atomic E-state index is 0.206. The molecule has 1 aromatic carbocycles. The number of hydrogen-bond acceptors (Lipinski definition) is 4. The fourth-order valence-corrected chi connectivity index (χ4v) is 2.16. The van der Waals surface area contributed by atoms with Gasteiger partial charge in [-0.3, -0.25) is 9.59 Å². The molecule has 24 heavy (non-hydrogen) atoms. The first kappa shape index (κ1) is 17.8. The molecule has 0 saturated carbocycles. The average molecular weight is 332 g/mol. The van der Waals surface area contributed by atoms with Crippen LogP contribution in [-0.4, -0.2) is 52.7 Å². The van der Waals surface area contributed by atoms with E-state index in [1.165, 1.54) is 31.3 Å². The number of halogens is 1. The number of carbonyl (C=O) groups excluding carboxylic acids is 1. The third-order valence-corrected chi connectivity index (χ3v) is 3.57. The molecule has 0 spiro atoms. The number of carbonyl (C=O) groups is 1. The van der Waals surface area contributed by atoms with Crippen LogP contribution in [0.1, 0.15) is 16.1 Å². The molecule has 0 radical (unpaired) electrons. The Balaban J connectivity index is 2.23. The van der Waals surface area contributed by atoms with E-state index in [0.717, 1.165) is 10.2 Å². The first-order valence-corrected chi connectivity index (χ1v) is 7.59. The van der Waals surface area contributed by atoms with E-state index in [0.29, 0.717) is 19.6 Å². The summed E-state index contributed by atoms with van der Waals surface area (Å²) in [6.07, 6.45) is 0. The number of hydrogen-bond donors (Lipinski definition) is 0. The predicted octanol–water partition coefficient (Wildman–Crippen LogP) is 1.12. The van der Waals surface area contributed by atoms with Gasteiger partial charge in [0, 0.05) is 32.7 Å². The zero-order chi connectivity index (χ0) is 17.7. The van der Waals surface area contributed by atoms with E-state index in [4.69, 9.17) is 0 Å². The van der Waals surface area contributed by atoms with E-state index in [2.05, 4.69) is 5.10 Å². The third-order valence-electron chi connectivity index (χ3n) is 3.57. The first-order chi connectivity index (χ1) is 11.4. The molecule has 1 heterocycles. The number of aromatic nitrogens is 2. The molecule has 0 aliphatic carbocycles. The van der Waals surface area contributed by atoms with E-state index in [-0.39, 0.29) is 23.0 Å². The quantitative estimate of drug-likeness (QED) is 0.795. The summed E-state index contributed by atoms with van der Waals surface area (Å²) in [7, 11) is 5.35. The van der Waals surface area contributed by atoms with Crippen molar-refractivity contribution in [3.8, 4) is 0 Å². The molecule has 0 aliphatic rings. The molecule has 1 aromatic heterocycles. The number of likely N-dealkylation sites (N-methyl/N-ethyl adjacent to an activating group) is 1. The molecule has 7 heteroatoms. The lowest BCUT2D eigenvalue weighted by Crippen LogP contribution is -2.37. The van der Waals surface area contributed by atoms with Crippen LogP contribution in [0.25, 0.3) is 0 Å². The summed E-state index contributed by atoms with van der Waals surface area (Å²) in [5, 5.41) is 4.02. The van der Waals surface area contributed by atoms with E-state index in [1.807, 2.05) is 19.0 Å². The summed E-state index contributed by atoms with van der Waals surface area (Å²) in [6, 6.07) is 8.79. The lowest BCUT2D eigenvalue weighted by molar-refractivity contribution is 0.0723. The van der Waals surface area contributed by atoms with Crippen molar-refractivity contribution < 1.29 is 9.18 Å². The Morgan fingerprint density at radius 3 is 2.38 bits per heavy atom. The van der Waals surface area contributed by atoms with E-state index in [9.17, 15) is 14.0 Å². The van der Waals surface area contributed by atoms with Crippen LogP contribution in [0.4, 0.5) is 4.39 Å². The Morgan fingerprint density at radius 2 is 1.79 bits per heavy atom. The van der Waals surface area contributed by atoms with Crippen molar-refractivity contribution in [2.24, 2.45) is 7.05 Å². The van der Waals surface area contributed by atoms with Crippen LogP contribution in [0, 0.1) is 5.82 Å². The van der Waals surface area contributed by atoms with Gasteiger partial charge in [-0.15, -0.1) is 0 Å². The molecule has 0 fully saturated rings. The van der Waals surface area contributed by atoms with Gasteiger partial charge < -0.3 is 9.80 Å². The van der Waals surface area contributed by atoms with Crippen molar-refractivity contribution in [2.45, 2.75) is 6.54 Å². The topological polar surface area (TPSA) is 58.4 Å². The van der Waals surface area contributed by atoms with Crippen LogP contribution >= 0.6 is 0 Å². The van der Waals surface area contributed by atoms with Gasteiger partial charge in [0.2, 0.25) is 0 Å². The standard InChI is InChI=1S/C17H21FN4O2/c1-20(2)10-11-22(12-13-4-6-14(18)7-5-13)17(24)15-8-9-16(23)21(3)19-15/h4-9H,10-12H2,1-3H3. The van der Waals surface area contributed by atoms with Gasteiger partial charge in [0.1, 0.15) is 11.5 Å². The highest BCUT2D eigenvalue weighted by atomic mass is 19.1. The van der Waals surface area contributed by atoms with Crippen molar-refractivity contribution in [2.75, 3.05) is 27.2 Å². The minimum Gasteiger partial charge on any atom is -0.332 e. The van der Waals surface area contributed by atoms with Crippen LogP contribution in [0.15, 0.2) is 41.2 Å². The second kappa shape index (κ2) is 7.83. The number of rotatable bonds is 6. The molecular formula is C17H21FN4O2. The molecule has 2 aromatic rings. The van der Waals surface area contributed by atoms with Crippen LogP contribution in [0.2, 0.25) is 0 Å². The molecule has 0 atom stereocenters. The molecule has 128 valence electrons. The van der Waals surface area contributed by atoms with Gasteiger partial charge in [-0.05, 0) is 37.9 Å². The van der Waals surface area contributed by atoms with E-state index < -0.39 is 0 Å². The SMILES string of the molecule is CN(C)CCN(Cc1ccc(F)cc1)C(=O)c1ccc(=O)n(C)n1. The smallest absolute Gasteiger partial charge is 0.274 e. The van der Waals surface area contributed by atoms with Gasteiger partial charge in [0.25, 0.3) is 11.5 Å². The maximum absolute atomic E-state index is 13.1. The van der Waals surface area contributed by atoms with Gasteiger partial charge in [0.15, 0.2) is 0 Å². The normalized spacial score (nSPS) is 10.9. The lowest BCUT2D eigenvalue weighted by Gasteiger charge is -2.24. The summed E-state index contributed by atoms with van der Waals surface area (Å²) in [5.41, 5.74) is 0.760. The molecule has 0 unspecified atom stereocenters. The maximum atomic E-state index is 13.1. The van der Waals surface area contributed by atoms with Crippen LogP contribution in [0.3, 0.4) is 0 Å². The Labute approximate surface area is 140 Å². The summed E-state index contributed by atoms with van der Waals surface area (Å²) in [4.78, 5) is 27.8. The largest absolute Gasteiger partial charge is 0.332 e. The van der Waals surface area contributed by atoms with E-state index >= 15 is 0 Å². The Kier molecular flexibility index (Phi) is 5.81. The summed E-state index contributed by atoms with van der Waals surface area (Å²) in [6.45, 7) is 1.52. The lowest BCUT2D eigenvalue weighted by atomic mass is 10.2. The third kappa shape index (κ3) is 4.73. The molecule has 2 rings (SSSR count). The van der Waals surface area contributed by atoms with Crippen molar-refractivity contribution in [3.05, 3.63) is 63.8 Å². The van der Waals surface area contributed by atoms with Crippen LogP contribution in [0.5, 0.6) is 0 Å². The van der Waals surface area contributed by atoms with Crippen molar-refractivity contribution >= 4 is 5.91 Å². The fourth-order valence-electron chi connectivity index (χ4n) is 2.16. The Morgan fingerprint density at radius 1 is 1.12 bits per heavy atom. The molecule has 0 bridgehead atoms. The van der Waals surface area contributed by atoms with E-state index in [1.54, 1.807) is 17.0 Å². The average Bonchev–Trinajstić information content (AvgIpc) is 2.55. The summed E-state index contributed by atoms with van der Waals surface area (Å²) < 4.78 is 14.2. The fraction of sp³-hybridized carbons (Fsp3) is 0.353. The zero-order valence-corrected chi connectivity index (χ0v) is 14.1. The molecule has 0 saturated heterocycles. The second-order valence-corrected chi connectivity index (χ2v) is 5.84. The maximum Gasteiger partial charge on any atom is 0.274 e. The molecule has 0 aliphatic heterocycles. The number of aryl methyl sites for hydroxylation is 1. The minimum atomic E-state index is -0.315. The molecule has 6 nitrogen and oxygen atoms in total. The van der Waals surface area contributed by atoms with Crippen LogP contribution in [-0.2, 0) is 13.6 Å². The molecule has 1 amide bonds. The van der Waals surface area contributed by atoms with Crippen LogP contribution < -0.4 is 5.56 Å². The Hall–Kier alpha value is -2.54. The highest BCUT2D eigenvalue weighted by Crippen LogP contribution is 2.09. The van der Waals surface area contributed by atoms with Gasteiger partial charge in [-0.25, -0.2) is 9.07 Å². The van der Waals surface area contributed by atoms with Crippen molar-refractivity contribution in [1.82, 2.24) is 19.6 Å². The van der Waals surface area contributed by atoms with Gasteiger partial charge in [0.05, 0.1) is 0 Å². The number of benzene rings is 1.